The van der Waals surface area contributed by atoms with E-state index >= 15 is 0 Å². The van der Waals surface area contributed by atoms with Gasteiger partial charge in [-0.1, -0.05) is 25.0 Å². The van der Waals surface area contributed by atoms with Gasteiger partial charge < -0.3 is 4.74 Å². The molecule has 5 nitrogen and oxygen atoms in total. The van der Waals surface area contributed by atoms with Crippen LogP contribution < -0.4 is 0 Å². The van der Waals surface area contributed by atoms with Gasteiger partial charge in [0.2, 0.25) is 10.0 Å². The Bertz CT molecular complexity index is 672. The van der Waals surface area contributed by atoms with Gasteiger partial charge in [-0.25, -0.2) is 8.42 Å². The van der Waals surface area contributed by atoms with Crippen LogP contribution in [-0.4, -0.2) is 37.9 Å². The topological polar surface area (TPSA) is 63.7 Å². The first-order valence-electron chi connectivity index (χ1n) is 9.34. The van der Waals surface area contributed by atoms with E-state index in [0.717, 1.165) is 50.5 Å². The van der Waals surface area contributed by atoms with Crippen LogP contribution >= 0.6 is 0 Å². The van der Waals surface area contributed by atoms with Gasteiger partial charge in [0.25, 0.3) is 0 Å². The largest absolute Gasteiger partial charge is 0.462 e. The molecule has 0 aromatic heterocycles. The summed E-state index contributed by atoms with van der Waals surface area (Å²) in [5.41, 5.74) is 0.790. The maximum atomic E-state index is 12.6. The van der Waals surface area contributed by atoms with Gasteiger partial charge in [-0.15, -0.1) is 0 Å². The number of esters is 1. The highest BCUT2D eigenvalue weighted by Gasteiger charge is 2.26. The number of benzene rings is 1. The minimum Gasteiger partial charge on any atom is -0.462 e. The molecule has 1 aromatic rings. The molecule has 1 heterocycles. The molecule has 1 saturated heterocycles. The van der Waals surface area contributed by atoms with Gasteiger partial charge in [0, 0.05) is 13.1 Å². The molecule has 1 saturated carbocycles. The van der Waals surface area contributed by atoms with Crippen molar-refractivity contribution in [1.82, 2.24) is 4.31 Å². The van der Waals surface area contributed by atoms with E-state index in [2.05, 4.69) is 0 Å². The third-order valence-corrected chi connectivity index (χ3v) is 6.99. The minimum atomic E-state index is -3.41. The average molecular weight is 365 g/mol. The van der Waals surface area contributed by atoms with E-state index in [1.807, 2.05) is 0 Å². The summed E-state index contributed by atoms with van der Waals surface area (Å²) in [6.07, 6.45) is 8.57. The van der Waals surface area contributed by atoms with Crippen molar-refractivity contribution in [3.05, 3.63) is 29.8 Å². The van der Waals surface area contributed by atoms with Gasteiger partial charge in [0.15, 0.2) is 0 Å². The average Bonchev–Trinajstić information content (AvgIpc) is 2.63. The first-order chi connectivity index (χ1) is 12.1. The van der Waals surface area contributed by atoms with Crippen LogP contribution in [0.25, 0.3) is 0 Å². The van der Waals surface area contributed by atoms with Crippen molar-refractivity contribution in [3.8, 4) is 0 Å². The lowest BCUT2D eigenvalue weighted by molar-refractivity contribution is -0.149. The van der Waals surface area contributed by atoms with E-state index < -0.39 is 10.0 Å². The fourth-order valence-corrected chi connectivity index (χ4v) is 5.13. The predicted molar refractivity (Wildman–Crippen MR) is 95.7 cm³/mol. The lowest BCUT2D eigenvalue weighted by Crippen LogP contribution is -2.35. The highest BCUT2D eigenvalue weighted by atomic mass is 32.2. The first-order valence-corrected chi connectivity index (χ1v) is 10.8. The van der Waals surface area contributed by atoms with E-state index in [-0.39, 0.29) is 18.5 Å². The molecule has 2 fully saturated rings. The fraction of sp³-hybridized carbons (Fsp3) is 0.632. The summed E-state index contributed by atoms with van der Waals surface area (Å²) in [4.78, 5) is 12.4. The second-order valence-electron chi connectivity index (χ2n) is 7.04. The molecule has 0 bridgehead atoms. The van der Waals surface area contributed by atoms with Crippen LogP contribution in [-0.2, 0) is 26.0 Å². The zero-order valence-electron chi connectivity index (χ0n) is 14.7. The van der Waals surface area contributed by atoms with Crippen LogP contribution in [0.3, 0.4) is 0 Å². The maximum Gasteiger partial charge on any atom is 0.310 e. The maximum absolute atomic E-state index is 12.6. The Hall–Kier alpha value is -1.40. The van der Waals surface area contributed by atoms with E-state index in [9.17, 15) is 13.2 Å². The fourth-order valence-electron chi connectivity index (χ4n) is 3.61. The summed E-state index contributed by atoms with van der Waals surface area (Å²) in [5, 5.41) is 0. The van der Waals surface area contributed by atoms with Gasteiger partial charge in [0.05, 0.1) is 11.3 Å². The molecule has 0 N–H and O–H groups in total. The zero-order valence-corrected chi connectivity index (χ0v) is 15.5. The SMILES string of the molecule is O=C(Cc1ccc(S(=O)(=O)N2CCCCC2)cc1)OC1CCCCC1. The van der Waals surface area contributed by atoms with Gasteiger partial charge in [0.1, 0.15) is 6.10 Å². The second kappa shape index (κ2) is 8.32. The number of piperidine rings is 1. The molecule has 1 aromatic carbocycles. The molecule has 1 aliphatic heterocycles. The van der Waals surface area contributed by atoms with Gasteiger partial charge >= 0.3 is 5.97 Å². The third-order valence-electron chi connectivity index (χ3n) is 5.07. The zero-order chi connectivity index (χ0) is 17.7. The monoisotopic (exact) mass is 365 g/mol. The Morgan fingerprint density at radius 2 is 1.56 bits per heavy atom. The van der Waals surface area contributed by atoms with Crippen LogP contribution in [0, 0.1) is 0 Å². The Labute approximate surface area is 150 Å². The predicted octanol–water partition coefficient (Wildman–Crippen LogP) is 3.28. The molecule has 0 amide bonds. The highest BCUT2D eigenvalue weighted by molar-refractivity contribution is 7.89. The number of hydrogen-bond acceptors (Lipinski definition) is 4. The summed E-state index contributed by atoms with van der Waals surface area (Å²) in [5.74, 6) is -0.224. The highest BCUT2D eigenvalue weighted by Crippen LogP contribution is 2.22. The summed E-state index contributed by atoms with van der Waals surface area (Å²) >= 11 is 0. The van der Waals surface area contributed by atoms with Crippen LogP contribution in [0.5, 0.6) is 0 Å². The molecular formula is C19H27NO4S. The van der Waals surface area contributed by atoms with Crippen LogP contribution in [0.2, 0.25) is 0 Å². The van der Waals surface area contributed by atoms with Crippen LogP contribution in [0.1, 0.15) is 56.9 Å². The Morgan fingerprint density at radius 3 is 2.20 bits per heavy atom. The van der Waals surface area contributed by atoms with Crippen molar-refractivity contribution in [1.29, 1.82) is 0 Å². The van der Waals surface area contributed by atoms with E-state index in [0.29, 0.717) is 18.0 Å². The summed E-state index contributed by atoms with van der Waals surface area (Å²) < 4.78 is 32.3. The number of carbonyl (C=O) groups is 1. The van der Waals surface area contributed by atoms with Crippen molar-refractivity contribution in [2.75, 3.05) is 13.1 Å². The quantitative estimate of drug-likeness (QED) is 0.751. The van der Waals surface area contributed by atoms with E-state index in [4.69, 9.17) is 4.74 Å². The number of carbonyl (C=O) groups excluding carboxylic acids is 1. The van der Waals surface area contributed by atoms with Gasteiger partial charge in [-0.3, -0.25) is 4.79 Å². The number of sulfonamides is 1. The normalized spacial score (nSPS) is 20.3. The summed E-state index contributed by atoms with van der Waals surface area (Å²) in [7, 11) is -3.41. The van der Waals surface area contributed by atoms with Crippen LogP contribution in [0.15, 0.2) is 29.2 Å². The van der Waals surface area contributed by atoms with Crippen molar-refractivity contribution in [2.24, 2.45) is 0 Å². The number of nitrogens with zero attached hydrogens (tertiary/aromatic N) is 1. The molecule has 2 aliphatic rings. The van der Waals surface area contributed by atoms with Gasteiger partial charge in [-0.05, 0) is 56.2 Å². The molecule has 0 atom stereocenters. The standard InChI is InChI=1S/C19H27NO4S/c21-19(24-17-7-3-1-4-8-17)15-16-9-11-18(12-10-16)25(22,23)20-13-5-2-6-14-20/h9-12,17H,1-8,13-15H2. The molecule has 25 heavy (non-hydrogen) atoms. The lowest BCUT2D eigenvalue weighted by atomic mass is 9.98. The minimum absolute atomic E-state index is 0.0556. The number of ether oxygens (including phenoxy) is 1. The van der Waals surface area contributed by atoms with Crippen molar-refractivity contribution in [3.63, 3.8) is 0 Å². The Kier molecular flexibility index (Phi) is 6.12. The van der Waals surface area contributed by atoms with E-state index in [1.54, 1.807) is 28.6 Å². The molecule has 3 rings (SSSR count). The number of hydrogen-bond donors (Lipinski definition) is 0. The van der Waals surface area contributed by atoms with Crippen LogP contribution in [0.4, 0.5) is 0 Å². The second-order valence-corrected chi connectivity index (χ2v) is 8.97. The first kappa shape index (κ1) is 18.4. The molecule has 0 unspecified atom stereocenters. The molecular weight excluding hydrogens is 338 g/mol. The summed E-state index contributed by atoms with van der Waals surface area (Å²) in [6.45, 7) is 1.19. The lowest BCUT2D eigenvalue weighted by Gasteiger charge is -2.25. The van der Waals surface area contributed by atoms with E-state index in [1.165, 1.54) is 6.42 Å². The molecule has 1 aliphatic carbocycles. The molecule has 138 valence electrons. The Balaban J connectivity index is 1.58. The van der Waals surface area contributed by atoms with Crippen molar-refractivity contribution < 1.29 is 17.9 Å². The molecule has 0 radical (unpaired) electrons. The molecule has 0 spiro atoms. The van der Waals surface area contributed by atoms with Gasteiger partial charge in [-0.2, -0.15) is 4.31 Å². The van der Waals surface area contributed by atoms with Crippen molar-refractivity contribution in [2.45, 2.75) is 68.8 Å². The van der Waals surface area contributed by atoms with Crippen molar-refractivity contribution >= 4 is 16.0 Å². The third kappa shape index (κ3) is 4.82. The summed E-state index contributed by atoms with van der Waals surface area (Å²) in [6, 6.07) is 6.65. The Morgan fingerprint density at radius 1 is 0.960 bits per heavy atom. The smallest absolute Gasteiger partial charge is 0.310 e. The molecule has 6 heteroatoms. The number of rotatable bonds is 5.